The number of nitrogens with two attached hydrogens (primary N) is 2. The molecule has 0 aromatic heterocycles. The Kier molecular flexibility index (Phi) is 6.25. The topological polar surface area (TPSA) is 161 Å². The number of benzene rings is 1. The summed E-state index contributed by atoms with van der Waals surface area (Å²) in [4.78, 5) is 44.5. The molecular weight excluding hydrogens is 304 g/mol. The Labute approximate surface area is 132 Å². The molecule has 0 spiro atoms. The third-order valence-electron chi connectivity index (χ3n) is 3.41. The molecule has 2 amide bonds. The molecule has 0 bridgehead atoms. The van der Waals surface area contributed by atoms with E-state index in [1.807, 2.05) is 0 Å². The van der Waals surface area contributed by atoms with E-state index in [1.54, 1.807) is 0 Å². The first-order chi connectivity index (χ1) is 10.7. The van der Waals surface area contributed by atoms with Gasteiger partial charge in [0.05, 0.1) is 5.92 Å². The van der Waals surface area contributed by atoms with Gasteiger partial charge in [0.2, 0.25) is 11.8 Å². The Morgan fingerprint density at radius 2 is 1.70 bits per heavy atom. The standard InChI is InChI=1S/C15H18N2O6/c16-13(20)8-4-5-11(14(17)21)10(6-8)7-9(15(22)23)2-1-3-12(18)19/h4-6,9H,1-3,7H2,(H2,16,20)(H2,17,21)(H,18,19)(H,22,23). The van der Waals surface area contributed by atoms with Crippen molar-refractivity contribution in [1.82, 2.24) is 0 Å². The van der Waals surface area contributed by atoms with Gasteiger partial charge in [-0.25, -0.2) is 0 Å². The summed E-state index contributed by atoms with van der Waals surface area (Å²) in [7, 11) is 0. The van der Waals surface area contributed by atoms with Gasteiger partial charge in [0.15, 0.2) is 0 Å². The fourth-order valence-electron chi connectivity index (χ4n) is 2.23. The molecular formula is C15H18N2O6. The van der Waals surface area contributed by atoms with Crippen molar-refractivity contribution in [3.05, 3.63) is 34.9 Å². The molecule has 0 saturated carbocycles. The summed E-state index contributed by atoms with van der Waals surface area (Å²) >= 11 is 0. The first-order valence-electron chi connectivity index (χ1n) is 6.89. The summed E-state index contributed by atoms with van der Waals surface area (Å²) in [6.07, 6.45) is 0.122. The van der Waals surface area contributed by atoms with E-state index in [0.29, 0.717) is 5.56 Å². The first kappa shape index (κ1) is 18.1. The summed E-state index contributed by atoms with van der Waals surface area (Å²) in [6.45, 7) is 0. The van der Waals surface area contributed by atoms with Gasteiger partial charge in [-0.1, -0.05) is 0 Å². The Balaban J connectivity index is 3.03. The predicted octanol–water partition coefficient (Wildman–Crippen LogP) is 0.383. The maximum atomic E-state index is 11.4. The maximum absolute atomic E-state index is 11.4. The lowest BCUT2D eigenvalue weighted by molar-refractivity contribution is -0.143. The largest absolute Gasteiger partial charge is 0.481 e. The van der Waals surface area contributed by atoms with Crippen molar-refractivity contribution in [2.75, 3.05) is 0 Å². The van der Waals surface area contributed by atoms with Crippen molar-refractivity contribution in [2.45, 2.75) is 25.7 Å². The van der Waals surface area contributed by atoms with Crippen molar-refractivity contribution in [3.8, 4) is 0 Å². The first-order valence-corrected chi connectivity index (χ1v) is 6.89. The maximum Gasteiger partial charge on any atom is 0.306 e. The fourth-order valence-corrected chi connectivity index (χ4v) is 2.23. The highest BCUT2D eigenvalue weighted by Crippen LogP contribution is 2.20. The zero-order valence-corrected chi connectivity index (χ0v) is 12.3. The third kappa shape index (κ3) is 5.42. The van der Waals surface area contributed by atoms with E-state index in [1.165, 1.54) is 18.2 Å². The minimum Gasteiger partial charge on any atom is -0.481 e. The van der Waals surface area contributed by atoms with Gasteiger partial charge >= 0.3 is 11.9 Å². The quantitative estimate of drug-likeness (QED) is 0.514. The minimum absolute atomic E-state index is 0.0473. The Morgan fingerprint density at radius 1 is 1.04 bits per heavy atom. The van der Waals surface area contributed by atoms with E-state index in [2.05, 4.69) is 0 Å². The number of rotatable bonds is 9. The molecule has 23 heavy (non-hydrogen) atoms. The Bertz CT molecular complexity index is 641. The molecule has 0 heterocycles. The number of aliphatic carboxylic acids is 2. The number of carboxylic acids is 2. The van der Waals surface area contributed by atoms with Crippen LogP contribution >= 0.6 is 0 Å². The predicted molar refractivity (Wildman–Crippen MR) is 79.8 cm³/mol. The number of hydrogen-bond donors (Lipinski definition) is 4. The summed E-state index contributed by atoms with van der Waals surface area (Å²) in [5.74, 6) is -4.47. The highest BCUT2D eigenvalue weighted by atomic mass is 16.4. The van der Waals surface area contributed by atoms with Crippen molar-refractivity contribution in [3.63, 3.8) is 0 Å². The van der Waals surface area contributed by atoms with Crippen LogP contribution < -0.4 is 11.5 Å². The zero-order valence-electron chi connectivity index (χ0n) is 12.3. The highest BCUT2D eigenvalue weighted by molar-refractivity contribution is 5.98. The highest BCUT2D eigenvalue weighted by Gasteiger charge is 2.21. The molecule has 8 nitrogen and oxygen atoms in total. The van der Waals surface area contributed by atoms with Gasteiger partial charge in [-0.05, 0) is 43.0 Å². The van der Waals surface area contributed by atoms with Gasteiger partial charge in [-0.3, -0.25) is 19.2 Å². The van der Waals surface area contributed by atoms with E-state index in [4.69, 9.17) is 16.6 Å². The number of hydrogen-bond acceptors (Lipinski definition) is 4. The molecule has 0 aliphatic heterocycles. The molecule has 1 aromatic rings. The molecule has 6 N–H and O–H groups in total. The molecule has 1 aromatic carbocycles. The molecule has 0 fully saturated rings. The van der Waals surface area contributed by atoms with E-state index in [0.717, 1.165) is 0 Å². The molecule has 8 heteroatoms. The van der Waals surface area contributed by atoms with Gasteiger partial charge in [0.25, 0.3) is 0 Å². The lowest BCUT2D eigenvalue weighted by atomic mass is 9.90. The molecule has 0 radical (unpaired) electrons. The molecule has 124 valence electrons. The van der Waals surface area contributed by atoms with Crippen LogP contribution in [0.25, 0.3) is 0 Å². The van der Waals surface area contributed by atoms with E-state index in [-0.39, 0.29) is 36.8 Å². The SMILES string of the molecule is NC(=O)c1ccc(C(N)=O)c(CC(CCCC(=O)O)C(=O)O)c1. The van der Waals surface area contributed by atoms with Crippen molar-refractivity contribution in [1.29, 1.82) is 0 Å². The van der Waals surface area contributed by atoms with Crippen LogP contribution in [0.15, 0.2) is 18.2 Å². The van der Waals surface area contributed by atoms with Crippen LogP contribution in [0, 0.1) is 5.92 Å². The molecule has 0 aliphatic carbocycles. The van der Waals surface area contributed by atoms with Gasteiger partial charge in [0, 0.05) is 17.5 Å². The van der Waals surface area contributed by atoms with E-state index >= 15 is 0 Å². The monoisotopic (exact) mass is 322 g/mol. The lowest BCUT2D eigenvalue weighted by Gasteiger charge is -2.14. The minimum atomic E-state index is -1.12. The second-order valence-corrected chi connectivity index (χ2v) is 5.13. The van der Waals surface area contributed by atoms with Crippen LogP contribution in [0.5, 0.6) is 0 Å². The molecule has 1 unspecified atom stereocenters. The molecule has 0 saturated heterocycles. The lowest BCUT2D eigenvalue weighted by Crippen LogP contribution is -2.21. The summed E-state index contributed by atoms with van der Waals surface area (Å²) in [5, 5.41) is 17.9. The van der Waals surface area contributed by atoms with Gasteiger partial charge in [0.1, 0.15) is 0 Å². The van der Waals surface area contributed by atoms with Gasteiger partial charge < -0.3 is 21.7 Å². The fraction of sp³-hybridized carbons (Fsp3) is 0.333. The molecule has 0 aliphatic rings. The van der Waals surface area contributed by atoms with Crippen molar-refractivity contribution in [2.24, 2.45) is 17.4 Å². The van der Waals surface area contributed by atoms with E-state index in [9.17, 15) is 24.3 Å². The number of carboxylic acid groups (broad SMARTS) is 2. The number of amides is 2. The average Bonchev–Trinajstić information content (AvgIpc) is 2.45. The molecule has 1 atom stereocenters. The summed E-state index contributed by atoms with van der Waals surface area (Å²) in [6, 6.07) is 4.01. The normalized spacial score (nSPS) is 11.7. The van der Waals surface area contributed by atoms with Gasteiger partial charge in [-0.15, -0.1) is 0 Å². The zero-order chi connectivity index (χ0) is 17.6. The number of carbonyl (C=O) groups excluding carboxylic acids is 2. The second-order valence-electron chi connectivity index (χ2n) is 5.13. The summed E-state index contributed by atoms with van der Waals surface area (Å²) < 4.78 is 0. The number of carbonyl (C=O) groups is 4. The van der Waals surface area contributed by atoms with Crippen molar-refractivity contribution >= 4 is 23.8 Å². The van der Waals surface area contributed by atoms with Crippen LogP contribution in [0.3, 0.4) is 0 Å². The van der Waals surface area contributed by atoms with E-state index < -0.39 is 29.7 Å². The summed E-state index contributed by atoms with van der Waals surface area (Å²) in [5.41, 5.74) is 11.0. The average molecular weight is 322 g/mol. The second kappa shape index (κ2) is 7.92. The van der Waals surface area contributed by atoms with Crippen LogP contribution in [-0.2, 0) is 16.0 Å². The van der Waals surface area contributed by atoms with Gasteiger partial charge in [-0.2, -0.15) is 0 Å². The molecule has 1 rings (SSSR count). The van der Waals surface area contributed by atoms with Crippen LogP contribution in [0.1, 0.15) is 45.5 Å². The number of primary amides is 2. The third-order valence-corrected chi connectivity index (χ3v) is 3.41. The van der Waals surface area contributed by atoms with Crippen LogP contribution in [0.2, 0.25) is 0 Å². The Hall–Kier alpha value is -2.90. The van der Waals surface area contributed by atoms with Crippen molar-refractivity contribution < 1.29 is 29.4 Å². The Morgan fingerprint density at radius 3 is 2.17 bits per heavy atom. The smallest absolute Gasteiger partial charge is 0.306 e. The van der Waals surface area contributed by atoms with Crippen LogP contribution in [0.4, 0.5) is 0 Å². The van der Waals surface area contributed by atoms with Crippen LogP contribution in [-0.4, -0.2) is 34.0 Å².